The molecule has 0 aliphatic rings. The lowest BCUT2D eigenvalue weighted by atomic mass is 10.2. The SMILES string of the molecule is O=C(CSc1nncn1-c1cccc(Cl)c1)NNC(=O)c1ccc(F)cc1. The van der Waals surface area contributed by atoms with E-state index in [1.54, 1.807) is 22.8 Å². The fourth-order valence-corrected chi connectivity index (χ4v) is 3.01. The van der Waals surface area contributed by atoms with E-state index in [0.29, 0.717) is 10.2 Å². The number of nitrogens with one attached hydrogen (secondary N) is 2. The van der Waals surface area contributed by atoms with Gasteiger partial charge in [-0.05, 0) is 42.5 Å². The summed E-state index contributed by atoms with van der Waals surface area (Å²) in [5, 5.41) is 8.88. The summed E-state index contributed by atoms with van der Waals surface area (Å²) in [5.74, 6) is -1.43. The first kappa shape index (κ1) is 18.9. The third kappa shape index (κ3) is 5.05. The minimum absolute atomic E-state index is 0.00293. The van der Waals surface area contributed by atoms with Gasteiger partial charge < -0.3 is 0 Å². The largest absolute Gasteiger partial charge is 0.277 e. The number of rotatable bonds is 5. The molecule has 3 aromatic rings. The van der Waals surface area contributed by atoms with E-state index in [2.05, 4.69) is 21.0 Å². The lowest BCUT2D eigenvalue weighted by Crippen LogP contribution is -2.42. The highest BCUT2D eigenvalue weighted by molar-refractivity contribution is 7.99. The zero-order chi connectivity index (χ0) is 19.2. The number of amides is 2. The Morgan fingerprint density at radius 1 is 1.15 bits per heavy atom. The van der Waals surface area contributed by atoms with Gasteiger partial charge in [0.25, 0.3) is 5.91 Å². The summed E-state index contributed by atoms with van der Waals surface area (Å²) >= 11 is 7.13. The number of halogens is 2. The molecular formula is C17H13ClFN5O2S. The van der Waals surface area contributed by atoms with Gasteiger partial charge in [-0.25, -0.2) is 4.39 Å². The molecule has 2 N–H and O–H groups in total. The molecule has 27 heavy (non-hydrogen) atoms. The molecular weight excluding hydrogens is 393 g/mol. The number of nitrogens with zero attached hydrogens (tertiary/aromatic N) is 3. The quantitative estimate of drug-likeness (QED) is 0.503. The highest BCUT2D eigenvalue weighted by Crippen LogP contribution is 2.21. The number of benzene rings is 2. The summed E-state index contributed by atoms with van der Waals surface area (Å²) in [6, 6.07) is 12.1. The van der Waals surface area contributed by atoms with Gasteiger partial charge in [0, 0.05) is 10.6 Å². The van der Waals surface area contributed by atoms with Gasteiger partial charge in [0.15, 0.2) is 5.16 Å². The normalized spacial score (nSPS) is 10.4. The monoisotopic (exact) mass is 405 g/mol. The molecule has 0 atom stereocenters. The van der Waals surface area contributed by atoms with Crippen molar-refractivity contribution in [1.29, 1.82) is 0 Å². The zero-order valence-corrected chi connectivity index (χ0v) is 15.3. The molecule has 0 unspecified atom stereocenters. The maximum Gasteiger partial charge on any atom is 0.269 e. The van der Waals surface area contributed by atoms with Crippen LogP contribution in [-0.2, 0) is 4.79 Å². The highest BCUT2D eigenvalue weighted by Gasteiger charge is 2.12. The van der Waals surface area contributed by atoms with Crippen molar-refractivity contribution < 1.29 is 14.0 Å². The average Bonchev–Trinajstić information content (AvgIpc) is 3.13. The molecule has 0 aliphatic heterocycles. The molecule has 0 spiro atoms. The zero-order valence-electron chi connectivity index (χ0n) is 13.7. The van der Waals surface area contributed by atoms with E-state index < -0.39 is 17.6 Å². The van der Waals surface area contributed by atoms with E-state index in [-0.39, 0.29) is 11.3 Å². The predicted molar refractivity (Wildman–Crippen MR) is 99.1 cm³/mol. The maximum absolute atomic E-state index is 12.9. The second-order valence-corrected chi connectivity index (χ2v) is 6.64. The summed E-state index contributed by atoms with van der Waals surface area (Å²) in [4.78, 5) is 23.8. The van der Waals surface area contributed by atoms with Crippen LogP contribution in [0.2, 0.25) is 5.02 Å². The molecule has 0 fully saturated rings. The van der Waals surface area contributed by atoms with Gasteiger partial charge in [-0.3, -0.25) is 25.0 Å². The molecule has 1 aromatic heterocycles. The van der Waals surface area contributed by atoms with Crippen molar-refractivity contribution in [2.45, 2.75) is 5.16 Å². The molecule has 1 heterocycles. The third-order valence-electron chi connectivity index (χ3n) is 3.36. The Kier molecular flexibility index (Phi) is 6.05. The lowest BCUT2D eigenvalue weighted by Gasteiger charge is -2.08. The molecule has 0 saturated carbocycles. The Hall–Kier alpha value is -2.91. The number of carbonyl (C=O) groups is 2. The third-order valence-corrected chi connectivity index (χ3v) is 4.54. The van der Waals surface area contributed by atoms with Crippen LogP contribution in [0.25, 0.3) is 5.69 Å². The van der Waals surface area contributed by atoms with Crippen molar-refractivity contribution in [2.24, 2.45) is 0 Å². The molecule has 10 heteroatoms. The van der Waals surface area contributed by atoms with Crippen LogP contribution in [0.1, 0.15) is 10.4 Å². The summed E-state index contributed by atoms with van der Waals surface area (Å²) in [5.41, 5.74) is 5.55. The van der Waals surface area contributed by atoms with Crippen LogP contribution in [0.4, 0.5) is 4.39 Å². The molecule has 0 radical (unpaired) electrons. The number of hydrogen-bond acceptors (Lipinski definition) is 5. The van der Waals surface area contributed by atoms with Crippen LogP contribution in [-0.4, -0.2) is 32.3 Å². The Bertz CT molecular complexity index is 964. The van der Waals surface area contributed by atoms with Crippen molar-refractivity contribution in [3.8, 4) is 5.69 Å². The van der Waals surface area contributed by atoms with Crippen LogP contribution in [0.5, 0.6) is 0 Å². The molecule has 2 aromatic carbocycles. The Balaban J connectivity index is 1.53. The average molecular weight is 406 g/mol. The fraction of sp³-hybridized carbons (Fsp3) is 0.0588. The standard InChI is InChI=1S/C17H13ClFN5O2S/c18-12-2-1-3-14(8-12)24-10-20-23-17(24)27-9-15(25)21-22-16(26)11-4-6-13(19)7-5-11/h1-8,10H,9H2,(H,21,25)(H,22,26). The number of hydrogen-bond donors (Lipinski definition) is 2. The van der Waals surface area contributed by atoms with Gasteiger partial charge in [-0.15, -0.1) is 10.2 Å². The van der Waals surface area contributed by atoms with Gasteiger partial charge in [0.1, 0.15) is 12.1 Å². The Morgan fingerprint density at radius 3 is 2.67 bits per heavy atom. The van der Waals surface area contributed by atoms with Crippen LogP contribution < -0.4 is 10.9 Å². The van der Waals surface area contributed by atoms with Crippen LogP contribution in [0.3, 0.4) is 0 Å². The number of carbonyl (C=O) groups excluding carboxylic acids is 2. The van der Waals surface area contributed by atoms with E-state index in [0.717, 1.165) is 29.6 Å². The van der Waals surface area contributed by atoms with Gasteiger partial charge >= 0.3 is 0 Å². The van der Waals surface area contributed by atoms with E-state index in [4.69, 9.17) is 11.6 Å². The van der Waals surface area contributed by atoms with E-state index >= 15 is 0 Å². The highest BCUT2D eigenvalue weighted by atomic mass is 35.5. The van der Waals surface area contributed by atoms with Crippen molar-refractivity contribution >= 4 is 35.2 Å². The first-order valence-electron chi connectivity index (χ1n) is 7.66. The molecule has 0 aliphatic carbocycles. The first-order chi connectivity index (χ1) is 13.0. The molecule has 0 saturated heterocycles. The first-order valence-corrected chi connectivity index (χ1v) is 9.03. The van der Waals surface area contributed by atoms with Gasteiger partial charge in [-0.2, -0.15) is 0 Å². The topological polar surface area (TPSA) is 88.9 Å². The van der Waals surface area contributed by atoms with Crippen LogP contribution in [0.15, 0.2) is 60.0 Å². The number of thioether (sulfide) groups is 1. The summed E-state index contributed by atoms with van der Waals surface area (Å²) < 4.78 is 14.5. The van der Waals surface area contributed by atoms with Gasteiger partial charge in [0.05, 0.1) is 11.4 Å². The predicted octanol–water partition coefficient (Wildman–Crippen LogP) is 2.61. The van der Waals surface area contributed by atoms with Gasteiger partial charge in [0.2, 0.25) is 5.91 Å². The van der Waals surface area contributed by atoms with Crippen LogP contribution >= 0.6 is 23.4 Å². The number of hydrazine groups is 1. The van der Waals surface area contributed by atoms with Crippen molar-refractivity contribution in [3.63, 3.8) is 0 Å². The summed E-state index contributed by atoms with van der Waals surface area (Å²) in [6.45, 7) is 0. The van der Waals surface area contributed by atoms with Gasteiger partial charge in [-0.1, -0.05) is 29.4 Å². The van der Waals surface area contributed by atoms with E-state index in [9.17, 15) is 14.0 Å². The minimum Gasteiger partial charge on any atom is -0.277 e. The Morgan fingerprint density at radius 2 is 1.93 bits per heavy atom. The maximum atomic E-state index is 12.9. The summed E-state index contributed by atoms with van der Waals surface area (Å²) in [6.07, 6.45) is 1.52. The fourth-order valence-electron chi connectivity index (χ4n) is 2.09. The lowest BCUT2D eigenvalue weighted by molar-refractivity contribution is -0.119. The molecule has 0 bridgehead atoms. The molecule has 3 rings (SSSR count). The van der Waals surface area contributed by atoms with E-state index in [1.807, 2.05) is 6.07 Å². The molecule has 7 nitrogen and oxygen atoms in total. The van der Waals surface area contributed by atoms with E-state index in [1.165, 1.54) is 18.5 Å². The number of aromatic nitrogens is 3. The molecule has 138 valence electrons. The van der Waals surface area contributed by atoms with Crippen molar-refractivity contribution in [1.82, 2.24) is 25.6 Å². The van der Waals surface area contributed by atoms with Crippen molar-refractivity contribution in [2.75, 3.05) is 5.75 Å². The second-order valence-electron chi connectivity index (χ2n) is 5.26. The minimum atomic E-state index is -0.546. The molecule has 2 amide bonds. The smallest absolute Gasteiger partial charge is 0.269 e. The Labute approximate surface area is 162 Å². The summed E-state index contributed by atoms with van der Waals surface area (Å²) in [7, 11) is 0. The van der Waals surface area contributed by atoms with Crippen molar-refractivity contribution in [3.05, 3.63) is 71.3 Å². The van der Waals surface area contributed by atoms with Crippen LogP contribution in [0, 0.1) is 5.82 Å². The second kappa shape index (κ2) is 8.65.